The summed E-state index contributed by atoms with van der Waals surface area (Å²) in [6, 6.07) is 10.8. The Hall–Kier alpha value is -2.75. The fraction of sp³-hybridized carbons (Fsp3) is 0.348. The molecule has 0 bridgehead atoms. The van der Waals surface area contributed by atoms with Gasteiger partial charge < -0.3 is 15.2 Å². The van der Waals surface area contributed by atoms with Gasteiger partial charge in [0, 0.05) is 35.5 Å². The summed E-state index contributed by atoms with van der Waals surface area (Å²) in [5, 5.41) is 13.4. The normalized spacial score (nSPS) is 11.8. The van der Waals surface area contributed by atoms with Gasteiger partial charge in [-0.15, -0.1) is 0 Å². The summed E-state index contributed by atoms with van der Waals surface area (Å²) in [4.78, 5) is 12.5. The Labute approximate surface area is 161 Å². The molecule has 0 saturated carbocycles. The number of allylic oxidation sites excluding steroid dienone is 1. The number of anilines is 1. The fourth-order valence-electron chi connectivity index (χ4n) is 2.74. The van der Waals surface area contributed by atoms with Gasteiger partial charge in [0.15, 0.2) is 5.78 Å². The number of benzene rings is 2. The molecule has 0 aromatic heterocycles. The average Bonchev–Trinajstić information content (AvgIpc) is 2.59. The van der Waals surface area contributed by atoms with Gasteiger partial charge in [-0.1, -0.05) is 20.8 Å². The van der Waals surface area contributed by atoms with Crippen molar-refractivity contribution in [2.45, 2.75) is 46.1 Å². The number of hydrogen-bond acceptors (Lipinski definition) is 4. The Morgan fingerprint density at radius 3 is 2.30 bits per heavy atom. The van der Waals surface area contributed by atoms with Crippen molar-refractivity contribution >= 4 is 17.5 Å². The van der Waals surface area contributed by atoms with Gasteiger partial charge in [-0.05, 0) is 61.7 Å². The fourth-order valence-corrected chi connectivity index (χ4v) is 2.74. The van der Waals surface area contributed by atoms with Crippen molar-refractivity contribution in [3.63, 3.8) is 0 Å². The predicted octanol–water partition coefficient (Wildman–Crippen LogP) is 5.41. The van der Waals surface area contributed by atoms with E-state index >= 15 is 0 Å². The molecule has 0 atom stereocenters. The van der Waals surface area contributed by atoms with E-state index in [0.29, 0.717) is 11.3 Å². The van der Waals surface area contributed by atoms with Crippen LogP contribution in [-0.2, 0) is 5.41 Å². The van der Waals surface area contributed by atoms with Crippen molar-refractivity contribution in [3.05, 3.63) is 59.2 Å². The first-order chi connectivity index (χ1) is 12.6. The van der Waals surface area contributed by atoms with Crippen LogP contribution in [0.25, 0.3) is 6.08 Å². The molecule has 2 aromatic rings. The summed E-state index contributed by atoms with van der Waals surface area (Å²) >= 11 is 0. The van der Waals surface area contributed by atoms with Crippen LogP contribution < -0.4 is 10.1 Å². The predicted molar refractivity (Wildman–Crippen MR) is 112 cm³/mol. The number of aromatic hydroxyl groups is 1. The summed E-state index contributed by atoms with van der Waals surface area (Å²) in [5.41, 5.74) is 2.93. The zero-order valence-electron chi connectivity index (χ0n) is 17.0. The van der Waals surface area contributed by atoms with E-state index in [1.807, 2.05) is 59.9 Å². The Bertz CT molecular complexity index is 828. The lowest BCUT2D eigenvalue weighted by Crippen LogP contribution is -2.13. The Morgan fingerprint density at radius 1 is 1.15 bits per heavy atom. The van der Waals surface area contributed by atoms with Gasteiger partial charge >= 0.3 is 0 Å². The average molecular weight is 367 g/mol. The standard InChI is InChI=1S/C23H29NO3/c1-15(2)27-22-14-21(26)19(23(3,4)5)13-17(22)9-12-20(25)16-7-10-18(24-6)11-8-16/h7-15,24,26H,1-6H3. The third-order valence-corrected chi connectivity index (χ3v) is 4.17. The number of phenolic OH excluding ortho intramolecular Hbond substituents is 1. The summed E-state index contributed by atoms with van der Waals surface area (Å²) < 4.78 is 5.83. The largest absolute Gasteiger partial charge is 0.508 e. The smallest absolute Gasteiger partial charge is 0.185 e. The number of nitrogens with one attached hydrogen (secondary N) is 1. The molecule has 2 aromatic carbocycles. The van der Waals surface area contributed by atoms with E-state index in [0.717, 1.165) is 16.8 Å². The molecular weight excluding hydrogens is 338 g/mol. The SMILES string of the molecule is CNc1ccc(C(=O)C=Cc2cc(C(C)(C)C)c(O)cc2OC(C)C)cc1. The maximum absolute atomic E-state index is 12.5. The quantitative estimate of drug-likeness (QED) is 0.529. The first-order valence-electron chi connectivity index (χ1n) is 9.16. The third-order valence-electron chi connectivity index (χ3n) is 4.17. The van der Waals surface area contributed by atoms with E-state index in [1.165, 1.54) is 0 Å². The van der Waals surface area contributed by atoms with Gasteiger partial charge in [0.25, 0.3) is 0 Å². The minimum Gasteiger partial charge on any atom is -0.508 e. The Balaban J connectivity index is 2.38. The molecule has 0 spiro atoms. The highest BCUT2D eigenvalue weighted by Gasteiger charge is 2.20. The number of carbonyl (C=O) groups is 1. The van der Waals surface area contributed by atoms with Crippen molar-refractivity contribution in [2.75, 3.05) is 12.4 Å². The molecule has 0 saturated heterocycles. The Morgan fingerprint density at radius 2 is 1.78 bits per heavy atom. The van der Waals surface area contributed by atoms with Crippen LogP contribution in [0.3, 0.4) is 0 Å². The van der Waals surface area contributed by atoms with Crippen molar-refractivity contribution < 1.29 is 14.6 Å². The number of phenols is 1. The molecule has 2 N–H and O–H groups in total. The molecule has 0 unspecified atom stereocenters. The number of hydrogen-bond donors (Lipinski definition) is 2. The van der Waals surface area contributed by atoms with E-state index in [4.69, 9.17) is 4.74 Å². The monoisotopic (exact) mass is 367 g/mol. The molecule has 0 heterocycles. The van der Waals surface area contributed by atoms with Gasteiger partial charge in [0.2, 0.25) is 0 Å². The molecule has 144 valence electrons. The van der Waals surface area contributed by atoms with Gasteiger partial charge in [-0.25, -0.2) is 0 Å². The number of ether oxygens (including phenoxy) is 1. The minimum absolute atomic E-state index is 0.0400. The molecule has 0 aliphatic heterocycles. The second kappa shape index (κ2) is 8.30. The van der Waals surface area contributed by atoms with E-state index < -0.39 is 0 Å². The second-order valence-corrected chi connectivity index (χ2v) is 7.85. The van der Waals surface area contributed by atoms with Gasteiger partial charge in [0.1, 0.15) is 11.5 Å². The summed E-state index contributed by atoms with van der Waals surface area (Å²) in [6.07, 6.45) is 3.25. The molecule has 0 fully saturated rings. The van der Waals surface area contributed by atoms with E-state index in [-0.39, 0.29) is 23.1 Å². The molecule has 27 heavy (non-hydrogen) atoms. The zero-order valence-corrected chi connectivity index (χ0v) is 17.0. The van der Waals surface area contributed by atoms with Gasteiger partial charge in [-0.3, -0.25) is 4.79 Å². The van der Waals surface area contributed by atoms with Crippen molar-refractivity contribution in [1.82, 2.24) is 0 Å². The third kappa shape index (κ3) is 5.36. The minimum atomic E-state index is -0.226. The summed E-state index contributed by atoms with van der Waals surface area (Å²) in [5.74, 6) is 0.674. The van der Waals surface area contributed by atoms with E-state index in [2.05, 4.69) is 5.32 Å². The Kier molecular flexibility index (Phi) is 6.32. The van der Waals surface area contributed by atoms with Crippen LogP contribution in [0.4, 0.5) is 5.69 Å². The molecule has 4 nitrogen and oxygen atoms in total. The van der Waals surface area contributed by atoms with Gasteiger partial charge in [-0.2, -0.15) is 0 Å². The highest BCUT2D eigenvalue weighted by Crippen LogP contribution is 2.37. The number of carbonyl (C=O) groups excluding carboxylic acids is 1. The second-order valence-electron chi connectivity index (χ2n) is 7.85. The van der Waals surface area contributed by atoms with Crippen LogP contribution in [-0.4, -0.2) is 24.0 Å². The zero-order chi connectivity index (χ0) is 20.2. The molecule has 2 rings (SSSR count). The first kappa shape index (κ1) is 20.6. The number of rotatable bonds is 6. The van der Waals surface area contributed by atoms with Gasteiger partial charge in [0.05, 0.1) is 6.10 Å². The molecular formula is C23H29NO3. The number of ketones is 1. The molecule has 0 radical (unpaired) electrons. The van der Waals surface area contributed by atoms with E-state index in [1.54, 1.807) is 30.4 Å². The first-order valence-corrected chi connectivity index (χ1v) is 9.16. The van der Waals surface area contributed by atoms with Crippen molar-refractivity contribution in [3.8, 4) is 11.5 Å². The van der Waals surface area contributed by atoms with Crippen LogP contribution in [0.15, 0.2) is 42.5 Å². The lowest BCUT2D eigenvalue weighted by molar-refractivity contribution is 0.104. The van der Waals surface area contributed by atoms with Crippen LogP contribution in [0.2, 0.25) is 0 Å². The summed E-state index contributed by atoms with van der Waals surface area (Å²) in [6.45, 7) is 9.96. The van der Waals surface area contributed by atoms with E-state index in [9.17, 15) is 9.90 Å². The maximum Gasteiger partial charge on any atom is 0.185 e. The highest BCUT2D eigenvalue weighted by molar-refractivity contribution is 6.07. The van der Waals surface area contributed by atoms with Crippen LogP contribution in [0, 0.1) is 0 Å². The lowest BCUT2D eigenvalue weighted by atomic mass is 9.85. The van der Waals surface area contributed by atoms with Crippen LogP contribution >= 0.6 is 0 Å². The van der Waals surface area contributed by atoms with Crippen LogP contribution in [0.1, 0.15) is 56.1 Å². The molecule has 0 amide bonds. The lowest BCUT2D eigenvalue weighted by Gasteiger charge is -2.23. The highest BCUT2D eigenvalue weighted by atomic mass is 16.5. The molecule has 4 heteroatoms. The maximum atomic E-state index is 12.5. The van der Waals surface area contributed by atoms with Crippen molar-refractivity contribution in [1.29, 1.82) is 0 Å². The molecule has 0 aliphatic rings. The van der Waals surface area contributed by atoms with Crippen molar-refractivity contribution in [2.24, 2.45) is 0 Å². The molecule has 0 aliphatic carbocycles. The summed E-state index contributed by atoms with van der Waals surface area (Å²) in [7, 11) is 1.84. The van der Waals surface area contributed by atoms with Crippen LogP contribution in [0.5, 0.6) is 11.5 Å². The topological polar surface area (TPSA) is 58.6 Å².